The molecule has 0 fully saturated rings. The van der Waals surface area contributed by atoms with Crippen molar-refractivity contribution in [2.24, 2.45) is 10.9 Å². The molecule has 1 aromatic carbocycles. The lowest BCUT2D eigenvalue weighted by molar-refractivity contribution is -0.148. The van der Waals surface area contributed by atoms with Crippen LogP contribution in [0, 0.1) is 17.2 Å². The molecule has 1 aromatic rings. The standard InChI is InChI=1S/C19H19ClN2O4/c1-11-15(10-21)18(14-6-4-5-7-16(14)20)17(12(2)22-11)19(24)26-9-8-25-13(3)23/h4-7,15,18H,8-9H2,1-3H3. The number of hydrogen-bond donors (Lipinski definition) is 0. The first-order valence-corrected chi connectivity index (χ1v) is 8.45. The molecule has 26 heavy (non-hydrogen) atoms. The molecule has 1 aliphatic heterocycles. The number of aliphatic imine (C=N–C) groups is 1. The first-order chi connectivity index (χ1) is 12.4. The average Bonchev–Trinajstić information content (AvgIpc) is 2.58. The molecule has 0 aromatic heterocycles. The van der Waals surface area contributed by atoms with Crippen LogP contribution >= 0.6 is 11.6 Å². The summed E-state index contributed by atoms with van der Waals surface area (Å²) >= 11 is 6.33. The molecule has 0 spiro atoms. The summed E-state index contributed by atoms with van der Waals surface area (Å²) in [7, 11) is 0. The minimum Gasteiger partial charge on any atom is -0.462 e. The summed E-state index contributed by atoms with van der Waals surface area (Å²) in [5.41, 5.74) is 2.06. The van der Waals surface area contributed by atoms with Crippen molar-refractivity contribution in [3.63, 3.8) is 0 Å². The van der Waals surface area contributed by atoms with Gasteiger partial charge in [-0.25, -0.2) is 4.79 Å². The highest BCUT2D eigenvalue weighted by molar-refractivity contribution is 6.31. The summed E-state index contributed by atoms with van der Waals surface area (Å²) in [4.78, 5) is 27.8. The molecule has 2 unspecified atom stereocenters. The Morgan fingerprint density at radius 1 is 1.23 bits per heavy atom. The maximum absolute atomic E-state index is 12.7. The molecule has 1 aliphatic rings. The van der Waals surface area contributed by atoms with Gasteiger partial charge in [0.25, 0.3) is 0 Å². The Hall–Kier alpha value is -2.65. The van der Waals surface area contributed by atoms with Crippen LogP contribution < -0.4 is 0 Å². The van der Waals surface area contributed by atoms with Crippen LogP contribution in [0.15, 0.2) is 40.5 Å². The van der Waals surface area contributed by atoms with Crippen LogP contribution in [0.3, 0.4) is 0 Å². The molecule has 136 valence electrons. The van der Waals surface area contributed by atoms with Crippen LogP contribution in [0.2, 0.25) is 5.02 Å². The van der Waals surface area contributed by atoms with Crippen LogP contribution in [0.5, 0.6) is 0 Å². The molecule has 0 bridgehead atoms. The third-order valence-electron chi connectivity index (χ3n) is 4.05. The molecule has 1 heterocycles. The molecule has 0 aliphatic carbocycles. The minimum atomic E-state index is -0.630. The van der Waals surface area contributed by atoms with Crippen molar-refractivity contribution in [3.8, 4) is 6.07 Å². The van der Waals surface area contributed by atoms with Crippen molar-refractivity contribution in [1.29, 1.82) is 5.26 Å². The van der Waals surface area contributed by atoms with Gasteiger partial charge in [-0.3, -0.25) is 9.79 Å². The molecule has 0 saturated heterocycles. The molecule has 2 atom stereocenters. The number of nitriles is 1. The number of rotatable bonds is 5. The maximum Gasteiger partial charge on any atom is 0.336 e. The third kappa shape index (κ3) is 4.30. The largest absolute Gasteiger partial charge is 0.462 e. The van der Waals surface area contributed by atoms with E-state index in [1.807, 2.05) is 0 Å². The Morgan fingerprint density at radius 3 is 2.50 bits per heavy atom. The van der Waals surface area contributed by atoms with Gasteiger partial charge >= 0.3 is 11.9 Å². The van der Waals surface area contributed by atoms with Gasteiger partial charge in [-0.1, -0.05) is 29.8 Å². The second-order valence-electron chi connectivity index (χ2n) is 5.83. The number of carbonyl (C=O) groups excluding carboxylic acids is 2. The molecular formula is C19H19ClN2O4. The van der Waals surface area contributed by atoms with E-state index in [4.69, 9.17) is 21.1 Å². The van der Waals surface area contributed by atoms with E-state index in [1.165, 1.54) is 6.92 Å². The number of nitrogens with zero attached hydrogens (tertiary/aromatic N) is 2. The van der Waals surface area contributed by atoms with Gasteiger partial charge in [-0.2, -0.15) is 5.26 Å². The predicted octanol–water partition coefficient (Wildman–Crippen LogP) is 3.42. The lowest BCUT2D eigenvalue weighted by atomic mass is 9.76. The normalized spacial score (nSPS) is 19.4. The summed E-state index contributed by atoms with van der Waals surface area (Å²) in [5, 5.41) is 10.1. The monoisotopic (exact) mass is 374 g/mol. The number of halogens is 1. The fraction of sp³-hybridized carbons (Fsp3) is 0.368. The number of allylic oxidation sites excluding steroid dienone is 1. The van der Waals surface area contributed by atoms with Crippen molar-refractivity contribution < 1.29 is 19.1 Å². The first kappa shape index (κ1) is 19.7. The highest BCUT2D eigenvalue weighted by atomic mass is 35.5. The van der Waals surface area contributed by atoms with Crippen LogP contribution in [0.25, 0.3) is 0 Å². The van der Waals surface area contributed by atoms with Crippen molar-refractivity contribution in [2.45, 2.75) is 26.7 Å². The van der Waals surface area contributed by atoms with Crippen molar-refractivity contribution in [2.75, 3.05) is 13.2 Å². The fourth-order valence-corrected chi connectivity index (χ4v) is 3.18. The van der Waals surface area contributed by atoms with E-state index in [-0.39, 0.29) is 18.8 Å². The maximum atomic E-state index is 12.7. The molecule has 6 nitrogen and oxygen atoms in total. The van der Waals surface area contributed by atoms with Gasteiger partial charge in [0, 0.05) is 29.3 Å². The lowest BCUT2D eigenvalue weighted by Crippen LogP contribution is -2.30. The second kappa shape index (κ2) is 8.63. The molecular weight excluding hydrogens is 356 g/mol. The van der Waals surface area contributed by atoms with Gasteiger partial charge in [0.1, 0.15) is 13.2 Å². The summed E-state index contributed by atoms with van der Waals surface area (Å²) in [6.07, 6.45) is 0. The van der Waals surface area contributed by atoms with Crippen molar-refractivity contribution in [1.82, 2.24) is 0 Å². The summed E-state index contributed by atoms with van der Waals surface area (Å²) < 4.78 is 9.99. The van der Waals surface area contributed by atoms with Crippen LogP contribution in [-0.4, -0.2) is 30.9 Å². The van der Waals surface area contributed by atoms with Crippen molar-refractivity contribution in [3.05, 3.63) is 46.1 Å². The number of ether oxygens (including phenoxy) is 2. The van der Waals surface area contributed by atoms with E-state index in [1.54, 1.807) is 38.1 Å². The lowest BCUT2D eigenvalue weighted by Gasteiger charge is -2.29. The van der Waals surface area contributed by atoms with E-state index in [0.717, 1.165) is 0 Å². The highest BCUT2D eigenvalue weighted by Crippen LogP contribution is 2.41. The second-order valence-corrected chi connectivity index (χ2v) is 6.24. The molecule has 0 amide bonds. The van der Waals surface area contributed by atoms with Gasteiger partial charge in [0.2, 0.25) is 0 Å². The minimum absolute atomic E-state index is 0.0336. The first-order valence-electron chi connectivity index (χ1n) is 8.07. The Balaban J connectivity index is 2.37. The van der Waals surface area contributed by atoms with Gasteiger partial charge in [-0.05, 0) is 25.5 Å². The highest BCUT2D eigenvalue weighted by Gasteiger charge is 2.38. The van der Waals surface area contributed by atoms with Gasteiger partial charge in [-0.15, -0.1) is 0 Å². The summed E-state index contributed by atoms with van der Waals surface area (Å²) in [6, 6.07) is 9.30. The zero-order valence-corrected chi connectivity index (χ0v) is 15.5. The van der Waals surface area contributed by atoms with Gasteiger partial charge in [0.15, 0.2) is 0 Å². The Bertz CT molecular complexity index is 823. The topological polar surface area (TPSA) is 88.8 Å². The van der Waals surface area contributed by atoms with Crippen LogP contribution in [0.1, 0.15) is 32.3 Å². The quantitative estimate of drug-likeness (QED) is 0.582. The Morgan fingerprint density at radius 2 is 1.88 bits per heavy atom. The van der Waals surface area contributed by atoms with Crippen molar-refractivity contribution >= 4 is 29.3 Å². The van der Waals surface area contributed by atoms with E-state index >= 15 is 0 Å². The number of esters is 2. The fourth-order valence-electron chi connectivity index (χ4n) is 2.93. The molecule has 0 saturated carbocycles. The molecule has 0 N–H and O–H groups in total. The zero-order valence-electron chi connectivity index (χ0n) is 14.8. The summed E-state index contributed by atoms with van der Waals surface area (Å²) in [6.45, 7) is 4.62. The third-order valence-corrected chi connectivity index (χ3v) is 4.39. The van der Waals surface area contributed by atoms with Gasteiger partial charge < -0.3 is 9.47 Å². The molecule has 2 rings (SSSR count). The number of carbonyl (C=O) groups is 2. The van der Waals surface area contributed by atoms with Crippen LogP contribution in [0.4, 0.5) is 0 Å². The smallest absolute Gasteiger partial charge is 0.336 e. The predicted molar refractivity (Wildman–Crippen MR) is 96.7 cm³/mol. The van der Waals surface area contributed by atoms with E-state index in [0.29, 0.717) is 22.0 Å². The molecule has 7 heteroatoms. The number of benzene rings is 1. The molecule has 0 radical (unpaired) electrons. The number of hydrogen-bond acceptors (Lipinski definition) is 6. The zero-order chi connectivity index (χ0) is 19.3. The SMILES string of the molecule is CC(=O)OCCOC(=O)C1=C(C)N=C(C)C(C#N)C1c1ccccc1Cl. The average molecular weight is 375 g/mol. The summed E-state index contributed by atoms with van der Waals surface area (Å²) in [5.74, 6) is -2.26. The Kier molecular flexibility index (Phi) is 6.53. The van der Waals surface area contributed by atoms with E-state index in [9.17, 15) is 14.9 Å². The van der Waals surface area contributed by atoms with E-state index < -0.39 is 23.8 Å². The Labute approximate surface area is 157 Å². The van der Waals surface area contributed by atoms with E-state index in [2.05, 4.69) is 11.1 Å². The van der Waals surface area contributed by atoms with Gasteiger partial charge in [0.05, 0.1) is 17.6 Å². The van der Waals surface area contributed by atoms with Crippen LogP contribution in [-0.2, 0) is 19.1 Å².